The van der Waals surface area contributed by atoms with Gasteiger partial charge in [-0.1, -0.05) is 6.42 Å². The van der Waals surface area contributed by atoms with Gasteiger partial charge in [0.15, 0.2) is 0 Å². The molecule has 1 saturated heterocycles. The number of likely N-dealkylation sites (tertiary alicyclic amines) is 1. The molecule has 0 bridgehead atoms. The molecule has 3 N–H and O–H groups in total. The molecule has 1 heterocycles. The first-order valence-corrected chi connectivity index (χ1v) is 6.77. The van der Waals surface area contributed by atoms with E-state index in [9.17, 15) is 9.59 Å². The lowest BCUT2D eigenvalue weighted by Gasteiger charge is -2.42. The van der Waals surface area contributed by atoms with Crippen molar-refractivity contribution in [2.75, 3.05) is 19.6 Å². The summed E-state index contributed by atoms with van der Waals surface area (Å²) in [6.45, 7) is 1.63. The molecule has 0 spiro atoms. The Hall–Kier alpha value is -1.10. The van der Waals surface area contributed by atoms with Gasteiger partial charge in [0.1, 0.15) is 0 Å². The van der Waals surface area contributed by atoms with Crippen molar-refractivity contribution >= 4 is 11.9 Å². The summed E-state index contributed by atoms with van der Waals surface area (Å²) in [6, 6.07) is 0. The molecule has 1 aliphatic carbocycles. The summed E-state index contributed by atoms with van der Waals surface area (Å²) in [5.41, 5.74) is 5.76. The fraction of sp³-hybridized carbons (Fsp3) is 0.846. The summed E-state index contributed by atoms with van der Waals surface area (Å²) in [5, 5.41) is 9.02. The number of hydrogen-bond donors (Lipinski definition) is 2. The zero-order valence-electron chi connectivity index (χ0n) is 10.7. The minimum absolute atomic E-state index is 0.00719. The maximum Gasteiger partial charge on any atom is 0.308 e. The Balaban J connectivity index is 1.90. The van der Waals surface area contributed by atoms with E-state index in [4.69, 9.17) is 10.8 Å². The number of carbonyl (C=O) groups excluding carboxylic acids is 1. The molecule has 1 saturated carbocycles. The molecule has 1 aliphatic heterocycles. The maximum absolute atomic E-state index is 12.2. The average molecular weight is 254 g/mol. The van der Waals surface area contributed by atoms with Crippen LogP contribution in [0.25, 0.3) is 0 Å². The number of amides is 1. The third-order valence-electron chi connectivity index (χ3n) is 4.50. The molecule has 1 atom stereocenters. The minimum atomic E-state index is -0.787. The van der Waals surface area contributed by atoms with E-state index < -0.39 is 11.9 Å². The van der Waals surface area contributed by atoms with Crippen molar-refractivity contribution < 1.29 is 14.7 Å². The number of nitrogens with zero attached hydrogens (tertiary/aromatic N) is 1. The lowest BCUT2D eigenvalue weighted by atomic mass is 9.66. The summed E-state index contributed by atoms with van der Waals surface area (Å²) < 4.78 is 0. The molecular weight excluding hydrogens is 232 g/mol. The van der Waals surface area contributed by atoms with E-state index in [0.717, 1.165) is 25.7 Å². The van der Waals surface area contributed by atoms with Gasteiger partial charge in [0.2, 0.25) is 5.91 Å². The van der Waals surface area contributed by atoms with Crippen LogP contribution in [-0.2, 0) is 9.59 Å². The van der Waals surface area contributed by atoms with Gasteiger partial charge in [0, 0.05) is 19.5 Å². The van der Waals surface area contributed by atoms with Gasteiger partial charge in [-0.25, -0.2) is 0 Å². The Kier molecular flexibility index (Phi) is 3.90. The second kappa shape index (κ2) is 5.26. The van der Waals surface area contributed by atoms with Crippen molar-refractivity contribution in [1.29, 1.82) is 0 Å². The summed E-state index contributed by atoms with van der Waals surface area (Å²) in [5.74, 6) is -1.09. The number of rotatable bonds is 4. The standard InChI is InChI=1S/C13H22N2O3/c14-9-13(4-2-5-13)7-11(16)15-6-1-3-10(8-15)12(17)18/h10H,1-9,14H2,(H,17,18)/t10-/m1/s1. The van der Waals surface area contributed by atoms with Crippen molar-refractivity contribution in [3.05, 3.63) is 0 Å². The minimum Gasteiger partial charge on any atom is -0.481 e. The highest BCUT2D eigenvalue weighted by molar-refractivity contribution is 5.78. The lowest BCUT2D eigenvalue weighted by Crippen LogP contribution is -2.47. The van der Waals surface area contributed by atoms with E-state index in [1.165, 1.54) is 0 Å². The molecule has 2 rings (SSSR count). The summed E-state index contributed by atoms with van der Waals surface area (Å²) >= 11 is 0. The molecule has 5 heteroatoms. The molecule has 0 radical (unpaired) electrons. The first kappa shape index (κ1) is 13.3. The van der Waals surface area contributed by atoms with Crippen LogP contribution in [0.5, 0.6) is 0 Å². The van der Waals surface area contributed by atoms with Crippen molar-refractivity contribution in [3.8, 4) is 0 Å². The molecule has 2 aliphatic rings. The Bertz CT molecular complexity index is 334. The van der Waals surface area contributed by atoms with Crippen molar-refractivity contribution in [2.24, 2.45) is 17.1 Å². The summed E-state index contributed by atoms with van der Waals surface area (Å²) in [6.07, 6.45) is 5.19. The highest BCUT2D eigenvalue weighted by Gasteiger charge is 2.39. The smallest absolute Gasteiger partial charge is 0.308 e. The van der Waals surface area contributed by atoms with Crippen molar-refractivity contribution in [3.63, 3.8) is 0 Å². The zero-order chi connectivity index (χ0) is 13.2. The Morgan fingerprint density at radius 1 is 1.33 bits per heavy atom. The third-order valence-corrected chi connectivity index (χ3v) is 4.50. The maximum atomic E-state index is 12.2. The van der Waals surface area contributed by atoms with Crippen LogP contribution < -0.4 is 5.73 Å². The van der Waals surface area contributed by atoms with Crippen LogP contribution in [0.2, 0.25) is 0 Å². The first-order chi connectivity index (χ1) is 8.56. The molecule has 0 aromatic heterocycles. The lowest BCUT2D eigenvalue weighted by molar-refractivity contribution is -0.146. The van der Waals surface area contributed by atoms with Gasteiger partial charge in [0.25, 0.3) is 0 Å². The molecule has 2 fully saturated rings. The average Bonchev–Trinajstić information content (AvgIpc) is 2.33. The number of carbonyl (C=O) groups is 2. The van der Waals surface area contributed by atoms with E-state index in [1.807, 2.05) is 0 Å². The highest BCUT2D eigenvalue weighted by Crippen LogP contribution is 2.43. The largest absolute Gasteiger partial charge is 0.481 e. The molecule has 18 heavy (non-hydrogen) atoms. The van der Waals surface area contributed by atoms with Crippen LogP contribution >= 0.6 is 0 Å². The second-order valence-electron chi connectivity index (χ2n) is 5.75. The molecule has 102 valence electrons. The molecule has 0 aromatic carbocycles. The van der Waals surface area contributed by atoms with Gasteiger partial charge in [0.05, 0.1) is 5.92 Å². The van der Waals surface area contributed by atoms with Crippen LogP contribution in [0.1, 0.15) is 38.5 Å². The number of nitrogens with two attached hydrogens (primary N) is 1. The number of piperidine rings is 1. The van der Waals surface area contributed by atoms with E-state index in [2.05, 4.69) is 0 Å². The van der Waals surface area contributed by atoms with Crippen LogP contribution in [-0.4, -0.2) is 41.5 Å². The quantitative estimate of drug-likeness (QED) is 0.778. The van der Waals surface area contributed by atoms with Crippen LogP contribution in [0.4, 0.5) is 0 Å². The molecule has 0 aromatic rings. The number of carboxylic acids is 1. The van der Waals surface area contributed by atoms with Gasteiger partial charge in [-0.15, -0.1) is 0 Å². The monoisotopic (exact) mass is 254 g/mol. The second-order valence-corrected chi connectivity index (χ2v) is 5.75. The number of aliphatic carboxylic acids is 1. The predicted octanol–water partition coefficient (Wildman–Crippen LogP) is 0.829. The fourth-order valence-electron chi connectivity index (χ4n) is 2.97. The van der Waals surface area contributed by atoms with Crippen LogP contribution in [0.3, 0.4) is 0 Å². The van der Waals surface area contributed by atoms with Gasteiger partial charge in [-0.2, -0.15) is 0 Å². The van der Waals surface area contributed by atoms with E-state index in [0.29, 0.717) is 32.5 Å². The molecular formula is C13H22N2O3. The molecule has 5 nitrogen and oxygen atoms in total. The van der Waals surface area contributed by atoms with Crippen LogP contribution in [0.15, 0.2) is 0 Å². The van der Waals surface area contributed by atoms with E-state index in [-0.39, 0.29) is 11.3 Å². The summed E-state index contributed by atoms with van der Waals surface area (Å²) in [7, 11) is 0. The SMILES string of the molecule is NCC1(CC(=O)N2CCC[C@@H](C(=O)O)C2)CCC1. The molecule has 1 amide bonds. The van der Waals surface area contributed by atoms with E-state index in [1.54, 1.807) is 4.90 Å². The predicted molar refractivity (Wildman–Crippen MR) is 66.9 cm³/mol. The van der Waals surface area contributed by atoms with Crippen molar-refractivity contribution in [1.82, 2.24) is 4.90 Å². The van der Waals surface area contributed by atoms with Gasteiger partial charge >= 0.3 is 5.97 Å². The Labute approximate surface area is 107 Å². The normalized spacial score (nSPS) is 26.5. The van der Waals surface area contributed by atoms with E-state index >= 15 is 0 Å². The number of carboxylic acid groups (broad SMARTS) is 1. The Morgan fingerprint density at radius 2 is 2.06 bits per heavy atom. The fourth-order valence-corrected chi connectivity index (χ4v) is 2.97. The molecule has 0 unspecified atom stereocenters. The van der Waals surface area contributed by atoms with Gasteiger partial charge < -0.3 is 15.7 Å². The summed E-state index contributed by atoms with van der Waals surface area (Å²) in [4.78, 5) is 24.9. The number of hydrogen-bond acceptors (Lipinski definition) is 3. The van der Waals surface area contributed by atoms with Gasteiger partial charge in [-0.3, -0.25) is 9.59 Å². The topological polar surface area (TPSA) is 83.6 Å². The third kappa shape index (κ3) is 2.66. The highest BCUT2D eigenvalue weighted by atomic mass is 16.4. The Morgan fingerprint density at radius 3 is 2.56 bits per heavy atom. The van der Waals surface area contributed by atoms with Crippen molar-refractivity contribution in [2.45, 2.75) is 38.5 Å². The van der Waals surface area contributed by atoms with Gasteiger partial charge in [-0.05, 0) is 37.6 Å². The first-order valence-electron chi connectivity index (χ1n) is 6.77. The zero-order valence-corrected chi connectivity index (χ0v) is 10.7. The van der Waals surface area contributed by atoms with Crippen LogP contribution in [0, 0.1) is 11.3 Å².